The fourth-order valence-electron chi connectivity index (χ4n) is 3.09. The topological polar surface area (TPSA) is 29.1 Å². The van der Waals surface area contributed by atoms with Gasteiger partial charge in [-0.2, -0.15) is 0 Å². The smallest absolute Gasteiger partial charge is 0.252 e. The highest BCUT2D eigenvalue weighted by molar-refractivity contribution is 6.33. The van der Waals surface area contributed by atoms with Crippen LogP contribution in [0.1, 0.15) is 23.2 Å². The van der Waals surface area contributed by atoms with Crippen LogP contribution in [-0.4, -0.2) is 12.5 Å². The zero-order chi connectivity index (χ0) is 12.5. The molecule has 1 aromatic carbocycles. The molecule has 1 aromatic rings. The highest BCUT2D eigenvalue weighted by Crippen LogP contribution is 2.42. The van der Waals surface area contributed by atoms with Crippen LogP contribution < -0.4 is 5.32 Å². The summed E-state index contributed by atoms with van der Waals surface area (Å²) in [6.45, 7) is 0.759. The van der Waals surface area contributed by atoms with Gasteiger partial charge in [-0.25, -0.2) is 0 Å². The molecule has 0 radical (unpaired) electrons. The average molecular weight is 262 g/mol. The Kier molecular flexibility index (Phi) is 3.13. The van der Waals surface area contributed by atoms with Gasteiger partial charge in [0.2, 0.25) is 0 Å². The van der Waals surface area contributed by atoms with Crippen molar-refractivity contribution in [2.45, 2.75) is 12.8 Å². The van der Waals surface area contributed by atoms with Gasteiger partial charge in [0.1, 0.15) is 0 Å². The molecular formula is C15H16ClNO. The Labute approximate surface area is 112 Å². The Bertz CT molecular complexity index is 497. The number of carbonyl (C=O) groups excluding carboxylic acids is 1. The molecule has 3 heteroatoms. The molecule has 3 atom stereocenters. The van der Waals surface area contributed by atoms with Gasteiger partial charge in [-0.3, -0.25) is 4.79 Å². The van der Waals surface area contributed by atoms with E-state index in [1.165, 1.54) is 12.8 Å². The fourth-order valence-corrected chi connectivity index (χ4v) is 3.32. The summed E-state index contributed by atoms with van der Waals surface area (Å²) in [5, 5.41) is 3.53. The molecule has 1 amide bonds. The van der Waals surface area contributed by atoms with Crippen molar-refractivity contribution in [1.82, 2.24) is 5.32 Å². The first-order valence-corrected chi connectivity index (χ1v) is 6.83. The molecule has 3 rings (SSSR count). The van der Waals surface area contributed by atoms with Crippen molar-refractivity contribution in [2.75, 3.05) is 6.54 Å². The summed E-state index contributed by atoms with van der Waals surface area (Å²) in [4.78, 5) is 12.0. The van der Waals surface area contributed by atoms with Crippen LogP contribution in [-0.2, 0) is 0 Å². The van der Waals surface area contributed by atoms with E-state index in [1.54, 1.807) is 12.1 Å². The Morgan fingerprint density at radius 3 is 2.78 bits per heavy atom. The number of benzene rings is 1. The summed E-state index contributed by atoms with van der Waals surface area (Å²) in [7, 11) is 0. The van der Waals surface area contributed by atoms with Gasteiger partial charge in [-0.05, 0) is 42.7 Å². The van der Waals surface area contributed by atoms with E-state index in [-0.39, 0.29) is 5.91 Å². The zero-order valence-corrected chi connectivity index (χ0v) is 10.9. The van der Waals surface area contributed by atoms with Crippen LogP contribution >= 0.6 is 11.6 Å². The minimum Gasteiger partial charge on any atom is -0.352 e. The first-order valence-electron chi connectivity index (χ1n) is 6.45. The SMILES string of the molecule is O=C(NCC1CC2C=CC1C2)c1ccccc1Cl. The molecule has 0 saturated heterocycles. The maximum atomic E-state index is 12.0. The van der Waals surface area contributed by atoms with E-state index in [4.69, 9.17) is 11.6 Å². The molecule has 0 heterocycles. The number of nitrogens with one attached hydrogen (secondary N) is 1. The van der Waals surface area contributed by atoms with Crippen LogP contribution in [0, 0.1) is 17.8 Å². The lowest BCUT2D eigenvalue weighted by Crippen LogP contribution is -2.31. The number of allylic oxidation sites excluding steroid dienone is 2. The predicted octanol–water partition coefficient (Wildman–Crippen LogP) is 3.28. The number of hydrogen-bond acceptors (Lipinski definition) is 1. The second-order valence-electron chi connectivity index (χ2n) is 5.23. The van der Waals surface area contributed by atoms with E-state index in [9.17, 15) is 4.79 Å². The Balaban J connectivity index is 1.59. The molecule has 0 aromatic heterocycles. The summed E-state index contributed by atoms with van der Waals surface area (Å²) < 4.78 is 0. The van der Waals surface area contributed by atoms with Crippen molar-refractivity contribution in [3.05, 3.63) is 47.0 Å². The number of halogens is 1. The third-order valence-corrected chi connectivity index (χ3v) is 4.39. The largest absolute Gasteiger partial charge is 0.352 e. The van der Waals surface area contributed by atoms with Gasteiger partial charge in [0.05, 0.1) is 10.6 Å². The highest BCUT2D eigenvalue weighted by Gasteiger charge is 2.35. The van der Waals surface area contributed by atoms with Gasteiger partial charge >= 0.3 is 0 Å². The van der Waals surface area contributed by atoms with Crippen molar-refractivity contribution in [1.29, 1.82) is 0 Å². The Hall–Kier alpha value is -1.28. The second kappa shape index (κ2) is 4.77. The molecule has 1 fully saturated rings. The van der Waals surface area contributed by atoms with Crippen molar-refractivity contribution in [3.8, 4) is 0 Å². The van der Waals surface area contributed by atoms with Crippen molar-refractivity contribution >= 4 is 17.5 Å². The summed E-state index contributed by atoms with van der Waals surface area (Å²) in [6.07, 6.45) is 7.11. The lowest BCUT2D eigenvalue weighted by atomic mass is 9.93. The molecule has 0 spiro atoms. The van der Waals surface area contributed by atoms with Crippen molar-refractivity contribution < 1.29 is 4.79 Å². The van der Waals surface area contributed by atoms with Gasteiger partial charge in [-0.15, -0.1) is 0 Å². The van der Waals surface area contributed by atoms with E-state index in [0.717, 1.165) is 12.5 Å². The minimum absolute atomic E-state index is 0.0626. The van der Waals surface area contributed by atoms with Crippen molar-refractivity contribution in [2.24, 2.45) is 17.8 Å². The zero-order valence-electron chi connectivity index (χ0n) is 10.1. The van der Waals surface area contributed by atoms with Crippen LogP contribution in [0.25, 0.3) is 0 Å². The van der Waals surface area contributed by atoms with E-state index in [1.807, 2.05) is 12.1 Å². The van der Waals surface area contributed by atoms with Crippen LogP contribution in [0.2, 0.25) is 5.02 Å². The Morgan fingerprint density at radius 1 is 1.28 bits per heavy atom. The molecule has 0 aliphatic heterocycles. The van der Waals surface area contributed by atoms with Gasteiger partial charge in [0.15, 0.2) is 0 Å². The molecule has 1 saturated carbocycles. The summed E-state index contributed by atoms with van der Waals surface area (Å²) in [5.41, 5.74) is 0.567. The van der Waals surface area contributed by atoms with Crippen LogP contribution in [0.5, 0.6) is 0 Å². The van der Waals surface area contributed by atoms with Crippen LogP contribution in [0.15, 0.2) is 36.4 Å². The first-order chi connectivity index (χ1) is 8.74. The molecule has 18 heavy (non-hydrogen) atoms. The van der Waals surface area contributed by atoms with Gasteiger partial charge < -0.3 is 5.32 Å². The third-order valence-electron chi connectivity index (χ3n) is 4.06. The summed E-state index contributed by atoms with van der Waals surface area (Å²) >= 11 is 6.01. The molecule has 3 unspecified atom stereocenters. The number of fused-ring (bicyclic) bond motifs is 2. The highest BCUT2D eigenvalue weighted by atomic mass is 35.5. The molecule has 2 bridgehead atoms. The fraction of sp³-hybridized carbons (Fsp3) is 0.400. The molecule has 2 aliphatic rings. The predicted molar refractivity (Wildman–Crippen MR) is 72.6 cm³/mol. The average Bonchev–Trinajstić information content (AvgIpc) is 2.98. The van der Waals surface area contributed by atoms with Gasteiger partial charge in [-0.1, -0.05) is 35.9 Å². The molecule has 1 N–H and O–H groups in total. The standard InChI is InChI=1S/C15H16ClNO/c16-14-4-2-1-3-13(14)15(18)17-9-12-8-10-5-6-11(12)7-10/h1-6,10-12H,7-9H2,(H,17,18). The normalized spacial score (nSPS) is 28.6. The quantitative estimate of drug-likeness (QED) is 0.832. The molecule has 94 valence electrons. The monoisotopic (exact) mass is 261 g/mol. The Morgan fingerprint density at radius 2 is 2.11 bits per heavy atom. The van der Waals surface area contributed by atoms with E-state index < -0.39 is 0 Å². The van der Waals surface area contributed by atoms with E-state index in [0.29, 0.717) is 22.4 Å². The summed E-state index contributed by atoms with van der Waals surface area (Å²) in [6, 6.07) is 7.18. The third kappa shape index (κ3) is 2.17. The van der Waals surface area contributed by atoms with Gasteiger partial charge in [0, 0.05) is 6.54 Å². The maximum Gasteiger partial charge on any atom is 0.252 e. The molecular weight excluding hydrogens is 246 g/mol. The van der Waals surface area contributed by atoms with E-state index >= 15 is 0 Å². The van der Waals surface area contributed by atoms with Crippen molar-refractivity contribution in [3.63, 3.8) is 0 Å². The van der Waals surface area contributed by atoms with Gasteiger partial charge in [0.25, 0.3) is 5.91 Å². The number of amides is 1. The second-order valence-corrected chi connectivity index (χ2v) is 5.64. The van der Waals surface area contributed by atoms with Crippen LogP contribution in [0.3, 0.4) is 0 Å². The maximum absolute atomic E-state index is 12.0. The minimum atomic E-state index is -0.0626. The number of hydrogen-bond donors (Lipinski definition) is 1. The first kappa shape index (κ1) is 11.8. The lowest BCUT2D eigenvalue weighted by Gasteiger charge is -2.18. The summed E-state index contributed by atoms with van der Waals surface area (Å²) in [5.74, 6) is 1.96. The molecule has 2 aliphatic carbocycles. The lowest BCUT2D eigenvalue weighted by molar-refractivity contribution is 0.0945. The number of carbonyl (C=O) groups is 1. The number of rotatable bonds is 3. The van der Waals surface area contributed by atoms with E-state index in [2.05, 4.69) is 17.5 Å². The van der Waals surface area contributed by atoms with Crippen LogP contribution in [0.4, 0.5) is 0 Å². The molecule has 2 nitrogen and oxygen atoms in total.